The number of benzene rings is 2. The van der Waals surface area contributed by atoms with Crippen LogP contribution in [0.2, 0.25) is 0 Å². The van der Waals surface area contributed by atoms with E-state index in [-0.39, 0.29) is 19.0 Å². The van der Waals surface area contributed by atoms with Crippen molar-refractivity contribution in [1.29, 1.82) is 0 Å². The van der Waals surface area contributed by atoms with Crippen LogP contribution in [0, 0.1) is 17.7 Å². The van der Waals surface area contributed by atoms with Crippen LogP contribution in [0.5, 0.6) is 0 Å². The molecule has 0 aromatic heterocycles. The molecule has 1 atom stereocenters. The average molecular weight is 580 g/mol. The maximum Gasteiger partial charge on any atom is 0.414 e. The molecule has 2 heterocycles. The van der Waals surface area contributed by atoms with Crippen molar-refractivity contribution >= 4 is 29.5 Å². The third-order valence-corrected chi connectivity index (χ3v) is 6.71. The topological polar surface area (TPSA) is 103 Å². The molecule has 2 aromatic rings. The van der Waals surface area contributed by atoms with Gasteiger partial charge in [0.05, 0.1) is 31.0 Å². The Hall–Kier alpha value is -4.30. The minimum absolute atomic E-state index is 0.205. The fourth-order valence-electron chi connectivity index (χ4n) is 4.66. The van der Waals surface area contributed by atoms with Gasteiger partial charge in [-0.25, -0.2) is 14.0 Å². The Kier molecular flexibility index (Phi) is 9.91. The van der Waals surface area contributed by atoms with E-state index in [1.165, 1.54) is 17.9 Å². The second-order valence-corrected chi connectivity index (χ2v) is 11.3. The van der Waals surface area contributed by atoms with Crippen LogP contribution in [-0.4, -0.2) is 80.5 Å². The van der Waals surface area contributed by atoms with Gasteiger partial charge >= 0.3 is 12.2 Å². The molecular formula is C31H38FN5O5. The van der Waals surface area contributed by atoms with Gasteiger partial charge in [0.15, 0.2) is 0 Å². The lowest BCUT2D eigenvalue weighted by Crippen LogP contribution is -2.46. The molecule has 3 amide bonds. The first-order valence-electron chi connectivity index (χ1n) is 14.0. The van der Waals surface area contributed by atoms with Crippen LogP contribution >= 0.6 is 0 Å². The van der Waals surface area contributed by atoms with Gasteiger partial charge in [-0.2, -0.15) is 0 Å². The van der Waals surface area contributed by atoms with E-state index in [4.69, 9.17) is 9.47 Å². The number of halogens is 1. The Morgan fingerprint density at radius 1 is 1.10 bits per heavy atom. The van der Waals surface area contributed by atoms with Crippen molar-refractivity contribution in [3.63, 3.8) is 0 Å². The number of carbonyl (C=O) groups is 3. The second kappa shape index (κ2) is 13.6. The fourth-order valence-corrected chi connectivity index (χ4v) is 4.66. The lowest BCUT2D eigenvalue weighted by molar-refractivity contribution is -0.119. The second-order valence-electron chi connectivity index (χ2n) is 11.3. The summed E-state index contributed by atoms with van der Waals surface area (Å²) in [6.45, 7) is 11.0. The molecule has 0 radical (unpaired) electrons. The van der Waals surface area contributed by atoms with Gasteiger partial charge in [-0.05, 0) is 56.7 Å². The molecule has 2 aromatic carbocycles. The Labute approximate surface area is 246 Å². The smallest absolute Gasteiger partial charge is 0.414 e. The number of ether oxygens (including phenoxy) is 2. The van der Waals surface area contributed by atoms with Crippen molar-refractivity contribution < 1.29 is 28.2 Å². The van der Waals surface area contributed by atoms with Crippen molar-refractivity contribution in [2.45, 2.75) is 45.9 Å². The van der Waals surface area contributed by atoms with Gasteiger partial charge in [0.25, 0.3) is 0 Å². The molecule has 2 saturated heterocycles. The van der Waals surface area contributed by atoms with E-state index in [9.17, 15) is 14.4 Å². The first-order chi connectivity index (χ1) is 20.0. The van der Waals surface area contributed by atoms with Crippen LogP contribution in [0.1, 0.15) is 38.8 Å². The molecule has 4 rings (SSSR count). The average Bonchev–Trinajstić information content (AvgIpc) is 3.31. The van der Waals surface area contributed by atoms with Crippen LogP contribution < -0.4 is 20.4 Å². The highest BCUT2D eigenvalue weighted by Gasteiger charge is 2.33. The number of rotatable bonds is 7. The number of nitrogens with zero attached hydrogens (tertiary/aromatic N) is 3. The summed E-state index contributed by atoms with van der Waals surface area (Å²) in [7, 11) is 0. The standard InChI is InChI=1S/C31H38FN5O5/c1-22(38)33-20-26-21-37(30(40)41-26)25-10-11-28(27(32)18-25)36-15-13-35(14-16-36)12-6-9-23-7-5-8-24(17-23)19-34-29(39)42-31(2,3)4/h5,7-8,10-11,17-18,26H,12-16,19-21H2,1-4H3,(H,33,38)(H,34,39). The Balaban J connectivity index is 1.25. The van der Waals surface area contributed by atoms with Crippen molar-refractivity contribution in [3.05, 3.63) is 59.4 Å². The van der Waals surface area contributed by atoms with Gasteiger partial charge in [0, 0.05) is 45.2 Å². The molecule has 2 fully saturated rings. The predicted octanol–water partition coefficient (Wildman–Crippen LogP) is 3.49. The van der Waals surface area contributed by atoms with Crippen LogP contribution in [0.15, 0.2) is 42.5 Å². The molecule has 2 N–H and O–H groups in total. The third kappa shape index (κ3) is 8.85. The van der Waals surface area contributed by atoms with Crippen molar-refractivity contribution in [1.82, 2.24) is 15.5 Å². The summed E-state index contributed by atoms with van der Waals surface area (Å²) in [5.41, 5.74) is 2.16. The normalized spacial score (nSPS) is 17.3. The number of nitrogens with one attached hydrogen (secondary N) is 2. The third-order valence-electron chi connectivity index (χ3n) is 6.71. The van der Waals surface area contributed by atoms with E-state index >= 15 is 4.39 Å². The van der Waals surface area contributed by atoms with Gasteiger partial charge in [0.2, 0.25) is 5.91 Å². The molecule has 2 aliphatic heterocycles. The SMILES string of the molecule is CC(=O)NCC1CN(c2ccc(N3CCN(CC#Cc4cccc(CNC(=O)OC(C)(C)C)c4)CC3)c(F)c2)C(=O)O1. The maximum absolute atomic E-state index is 15.1. The van der Waals surface area contributed by atoms with Crippen LogP contribution in [0.4, 0.5) is 25.4 Å². The minimum atomic E-state index is -0.559. The van der Waals surface area contributed by atoms with Gasteiger partial charge in [0.1, 0.15) is 17.5 Å². The van der Waals surface area contributed by atoms with Crippen molar-refractivity contribution in [3.8, 4) is 11.8 Å². The number of hydrogen-bond donors (Lipinski definition) is 2. The number of cyclic esters (lactones) is 1. The molecule has 10 nitrogen and oxygen atoms in total. The number of alkyl carbamates (subject to hydrolysis) is 1. The maximum atomic E-state index is 15.1. The highest BCUT2D eigenvalue weighted by atomic mass is 19.1. The molecule has 0 saturated carbocycles. The first-order valence-corrected chi connectivity index (χ1v) is 14.0. The van der Waals surface area contributed by atoms with E-state index < -0.39 is 29.7 Å². The number of carbonyl (C=O) groups excluding carboxylic acids is 3. The predicted molar refractivity (Wildman–Crippen MR) is 158 cm³/mol. The summed E-state index contributed by atoms with van der Waals surface area (Å²) in [5, 5.41) is 5.39. The van der Waals surface area contributed by atoms with Gasteiger partial charge in [-0.15, -0.1) is 0 Å². The Morgan fingerprint density at radius 3 is 2.55 bits per heavy atom. The van der Waals surface area contributed by atoms with Crippen LogP contribution in [-0.2, 0) is 20.8 Å². The molecule has 2 aliphatic rings. The largest absolute Gasteiger partial charge is 0.444 e. The zero-order valence-corrected chi connectivity index (χ0v) is 24.5. The number of anilines is 2. The summed E-state index contributed by atoms with van der Waals surface area (Å²) in [4.78, 5) is 40.9. The summed E-state index contributed by atoms with van der Waals surface area (Å²) >= 11 is 0. The molecule has 11 heteroatoms. The molecule has 0 aliphatic carbocycles. The highest BCUT2D eigenvalue weighted by Crippen LogP contribution is 2.28. The fraction of sp³-hybridized carbons (Fsp3) is 0.452. The molecule has 1 unspecified atom stereocenters. The van der Waals surface area contributed by atoms with Crippen molar-refractivity contribution in [2.24, 2.45) is 0 Å². The zero-order valence-electron chi connectivity index (χ0n) is 24.5. The van der Waals surface area contributed by atoms with E-state index in [0.29, 0.717) is 37.6 Å². The summed E-state index contributed by atoms with van der Waals surface area (Å²) in [6.07, 6.45) is -1.50. The Morgan fingerprint density at radius 2 is 1.86 bits per heavy atom. The number of amides is 3. The van der Waals surface area contributed by atoms with E-state index in [0.717, 1.165) is 24.2 Å². The van der Waals surface area contributed by atoms with Gasteiger partial charge in [-0.3, -0.25) is 14.6 Å². The van der Waals surface area contributed by atoms with E-state index in [1.807, 2.05) is 49.9 Å². The zero-order chi connectivity index (χ0) is 30.3. The molecule has 224 valence electrons. The Bertz CT molecular complexity index is 1360. The summed E-state index contributed by atoms with van der Waals surface area (Å²) in [6, 6.07) is 12.5. The van der Waals surface area contributed by atoms with E-state index in [2.05, 4.69) is 27.4 Å². The first kappa shape index (κ1) is 30.7. The quantitative estimate of drug-likeness (QED) is 0.484. The lowest BCUT2D eigenvalue weighted by Gasteiger charge is -2.35. The molecule has 0 bridgehead atoms. The monoisotopic (exact) mass is 579 g/mol. The number of hydrogen-bond acceptors (Lipinski definition) is 7. The molecule has 42 heavy (non-hydrogen) atoms. The van der Waals surface area contributed by atoms with Crippen molar-refractivity contribution in [2.75, 3.05) is 55.6 Å². The summed E-state index contributed by atoms with van der Waals surface area (Å²) in [5.74, 6) is 5.80. The molecular weight excluding hydrogens is 541 g/mol. The lowest BCUT2D eigenvalue weighted by atomic mass is 10.1. The summed E-state index contributed by atoms with van der Waals surface area (Å²) < 4.78 is 25.7. The highest BCUT2D eigenvalue weighted by molar-refractivity contribution is 5.90. The van der Waals surface area contributed by atoms with Gasteiger partial charge in [-0.1, -0.05) is 24.0 Å². The minimum Gasteiger partial charge on any atom is -0.444 e. The molecule has 0 spiro atoms. The number of piperazine rings is 1. The van der Waals surface area contributed by atoms with Crippen LogP contribution in [0.3, 0.4) is 0 Å². The van der Waals surface area contributed by atoms with Gasteiger partial charge < -0.3 is 25.0 Å². The van der Waals surface area contributed by atoms with Crippen LogP contribution in [0.25, 0.3) is 0 Å². The van der Waals surface area contributed by atoms with E-state index in [1.54, 1.807) is 12.1 Å².